The van der Waals surface area contributed by atoms with E-state index in [2.05, 4.69) is 4.98 Å². The molecule has 1 aromatic heterocycles. The van der Waals surface area contributed by atoms with Crippen LogP contribution in [-0.2, 0) is 7.05 Å². The SMILES string of the molecule is Cn1cncc1-c1ccc2c(c1)C(=O)c1ccccc1-2. The minimum absolute atomic E-state index is 0.111. The fraction of sp³-hybridized carbons (Fsp3) is 0.0588. The number of hydrogen-bond donors (Lipinski definition) is 0. The summed E-state index contributed by atoms with van der Waals surface area (Å²) in [5, 5.41) is 0. The number of rotatable bonds is 1. The molecule has 0 bridgehead atoms. The van der Waals surface area contributed by atoms with Crippen molar-refractivity contribution < 1.29 is 4.79 Å². The van der Waals surface area contributed by atoms with Crippen LogP contribution in [0.1, 0.15) is 15.9 Å². The Kier molecular flexibility index (Phi) is 2.18. The zero-order chi connectivity index (χ0) is 13.7. The summed E-state index contributed by atoms with van der Waals surface area (Å²) in [5.74, 6) is 0.111. The van der Waals surface area contributed by atoms with Crippen molar-refractivity contribution in [1.82, 2.24) is 9.55 Å². The molecule has 3 nitrogen and oxygen atoms in total. The predicted octanol–water partition coefficient (Wildman–Crippen LogP) is 3.30. The minimum atomic E-state index is 0.111. The van der Waals surface area contributed by atoms with Crippen LogP contribution in [0, 0.1) is 0 Å². The Morgan fingerprint density at radius 3 is 2.45 bits per heavy atom. The summed E-state index contributed by atoms with van der Waals surface area (Å²) in [4.78, 5) is 16.6. The first-order valence-electron chi connectivity index (χ1n) is 6.50. The lowest BCUT2D eigenvalue weighted by Crippen LogP contribution is -1.96. The number of benzene rings is 2. The van der Waals surface area contributed by atoms with Crippen molar-refractivity contribution in [1.29, 1.82) is 0 Å². The molecule has 3 heteroatoms. The maximum Gasteiger partial charge on any atom is 0.194 e. The maximum atomic E-state index is 12.5. The Morgan fingerprint density at radius 1 is 0.950 bits per heavy atom. The summed E-state index contributed by atoms with van der Waals surface area (Å²) in [6.07, 6.45) is 3.58. The van der Waals surface area contributed by atoms with Crippen molar-refractivity contribution in [3.05, 3.63) is 66.1 Å². The highest BCUT2D eigenvalue weighted by Gasteiger charge is 2.26. The van der Waals surface area contributed by atoms with Crippen molar-refractivity contribution >= 4 is 5.78 Å². The Morgan fingerprint density at radius 2 is 1.70 bits per heavy atom. The highest BCUT2D eigenvalue weighted by molar-refractivity contribution is 6.22. The molecule has 0 saturated carbocycles. The van der Waals surface area contributed by atoms with Gasteiger partial charge in [-0.1, -0.05) is 36.4 Å². The summed E-state index contributed by atoms with van der Waals surface area (Å²) in [7, 11) is 1.95. The van der Waals surface area contributed by atoms with Gasteiger partial charge in [0.15, 0.2) is 5.78 Å². The van der Waals surface area contributed by atoms with Crippen molar-refractivity contribution in [3.8, 4) is 22.4 Å². The lowest BCUT2D eigenvalue weighted by molar-refractivity contribution is 0.104. The quantitative estimate of drug-likeness (QED) is 0.526. The third kappa shape index (κ3) is 1.40. The molecular formula is C17H12N2O. The zero-order valence-electron chi connectivity index (χ0n) is 11.0. The molecule has 1 aliphatic carbocycles. The minimum Gasteiger partial charge on any atom is -0.334 e. The third-order valence-corrected chi connectivity index (χ3v) is 3.84. The molecule has 0 unspecified atom stereocenters. The van der Waals surface area contributed by atoms with Gasteiger partial charge in [-0.3, -0.25) is 4.79 Å². The number of fused-ring (bicyclic) bond motifs is 3. The van der Waals surface area contributed by atoms with Crippen LogP contribution < -0.4 is 0 Å². The van der Waals surface area contributed by atoms with Gasteiger partial charge in [0.25, 0.3) is 0 Å². The predicted molar refractivity (Wildman–Crippen MR) is 77.5 cm³/mol. The molecule has 1 heterocycles. The molecule has 4 rings (SSSR count). The van der Waals surface area contributed by atoms with Crippen molar-refractivity contribution in [3.63, 3.8) is 0 Å². The van der Waals surface area contributed by atoms with Gasteiger partial charge in [0.05, 0.1) is 18.2 Å². The second-order valence-electron chi connectivity index (χ2n) is 5.02. The molecule has 0 radical (unpaired) electrons. The second-order valence-corrected chi connectivity index (χ2v) is 5.02. The van der Waals surface area contributed by atoms with E-state index >= 15 is 0 Å². The van der Waals surface area contributed by atoms with Gasteiger partial charge in [0, 0.05) is 23.7 Å². The number of ketones is 1. The fourth-order valence-electron chi connectivity index (χ4n) is 2.82. The van der Waals surface area contributed by atoms with Crippen LogP contribution in [-0.4, -0.2) is 15.3 Å². The molecular weight excluding hydrogens is 248 g/mol. The first kappa shape index (κ1) is 11.2. The van der Waals surface area contributed by atoms with Crippen LogP contribution in [0.3, 0.4) is 0 Å². The Bertz CT molecular complexity index is 846. The van der Waals surface area contributed by atoms with Gasteiger partial charge in [0.2, 0.25) is 0 Å². The first-order valence-corrected chi connectivity index (χ1v) is 6.50. The molecule has 0 amide bonds. The van der Waals surface area contributed by atoms with E-state index in [1.807, 2.05) is 60.3 Å². The number of hydrogen-bond acceptors (Lipinski definition) is 2. The van der Waals surface area contributed by atoms with Crippen LogP contribution >= 0.6 is 0 Å². The Hall–Kier alpha value is -2.68. The van der Waals surface area contributed by atoms with Crippen LogP contribution in [0.5, 0.6) is 0 Å². The fourth-order valence-corrected chi connectivity index (χ4v) is 2.82. The van der Waals surface area contributed by atoms with Crippen LogP contribution in [0.4, 0.5) is 0 Å². The number of aromatic nitrogens is 2. The highest BCUT2D eigenvalue weighted by Crippen LogP contribution is 2.38. The average molecular weight is 260 g/mol. The van der Waals surface area contributed by atoms with E-state index in [4.69, 9.17) is 0 Å². The zero-order valence-corrected chi connectivity index (χ0v) is 11.0. The van der Waals surface area contributed by atoms with Crippen LogP contribution in [0.25, 0.3) is 22.4 Å². The lowest BCUT2D eigenvalue weighted by Gasteiger charge is -2.05. The van der Waals surface area contributed by atoms with Crippen molar-refractivity contribution in [2.45, 2.75) is 0 Å². The summed E-state index contributed by atoms with van der Waals surface area (Å²) in [6, 6.07) is 13.8. The molecule has 2 aromatic carbocycles. The topological polar surface area (TPSA) is 34.9 Å². The second kappa shape index (κ2) is 3.90. The van der Waals surface area contributed by atoms with Crippen molar-refractivity contribution in [2.75, 3.05) is 0 Å². The number of imidazole rings is 1. The molecule has 0 saturated heterocycles. The standard InChI is InChI=1S/C17H12N2O/c1-19-10-18-9-16(19)11-6-7-13-12-4-2-3-5-14(12)17(20)15(13)8-11/h2-10H,1H3. The summed E-state index contributed by atoms with van der Waals surface area (Å²) in [5.41, 5.74) is 5.66. The van der Waals surface area contributed by atoms with E-state index in [0.717, 1.165) is 33.5 Å². The van der Waals surface area contributed by atoms with Gasteiger partial charge >= 0.3 is 0 Å². The highest BCUT2D eigenvalue weighted by atomic mass is 16.1. The van der Waals surface area contributed by atoms with Gasteiger partial charge in [-0.15, -0.1) is 0 Å². The Labute approximate surface area is 116 Å². The van der Waals surface area contributed by atoms with E-state index < -0.39 is 0 Å². The smallest absolute Gasteiger partial charge is 0.194 e. The average Bonchev–Trinajstić information content (AvgIpc) is 3.02. The monoisotopic (exact) mass is 260 g/mol. The molecule has 0 spiro atoms. The maximum absolute atomic E-state index is 12.5. The third-order valence-electron chi connectivity index (χ3n) is 3.84. The number of nitrogens with zero attached hydrogens (tertiary/aromatic N) is 2. The number of carbonyl (C=O) groups is 1. The van der Waals surface area contributed by atoms with E-state index in [0.29, 0.717) is 0 Å². The van der Waals surface area contributed by atoms with E-state index in [1.54, 1.807) is 6.33 Å². The number of aryl methyl sites for hydroxylation is 1. The molecule has 0 aliphatic heterocycles. The van der Waals surface area contributed by atoms with Gasteiger partial charge in [-0.2, -0.15) is 0 Å². The van der Waals surface area contributed by atoms with Gasteiger partial charge in [-0.05, 0) is 17.2 Å². The molecule has 96 valence electrons. The van der Waals surface area contributed by atoms with Gasteiger partial charge < -0.3 is 4.57 Å². The lowest BCUT2D eigenvalue weighted by atomic mass is 10.0. The molecule has 1 aliphatic rings. The van der Waals surface area contributed by atoms with E-state index in [-0.39, 0.29) is 5.78 Å². The van der Waals surface area contributed by atoms with Gasteiger partial charge in [-0.25, -0.2) is 4.98 Å². The number of carbonyl (C=O) groups excluding carboxylic acids is 1. The summed E-state index contributed by atoms with van der Waals surface area (Å²) >= 11 is 0. The van der Waals surface area contributed by atoms with Crippen molar-refractivity contribution in [2.24, 2.45) is 7.05 Å². The first-order chi connectivity index (χ1) is 9.75. The summed E-state index contributed by atoms with van der Waals surface area (Å²) < 4.78 is 1.95. The molecule has 0 atom stereocenters. The van der Waals surface area contributed by atoms with Crippen LogP contribution in [0.15, 0.2) is 55.0 Å². The summed E-state index contributed by atoms with van der Waals surface area (Å²) in [6.45, 7) is 0. The van der Waals surface area contributed by atoms with E-state index in [9.17, 15) is 4.79 Å². The Balaban J connectivity index is 1.93. The molecule has 0 fully saturated rings. The normalized spacial score (nSPS) is 12.3. The largest absolute Gasteiger partial charge is 0.334 e. The molecule has 0 N–H and O–H groups in total. The van der Waals surface area contributed by atoms with Crippen LogP contribution in [0.2, 0.25) is 0 Å². The molecule has 3 aromatic rings. The van der Waals surface area contributed by atoms with Gasteiger partial charge in [0.1, 0.15) is 0 Å². The molecule has 20 heavy (non-hydrogen) atoms. The van der Waals surface area contributed by atoms with E-state index in [1.165, 1.54) is 0 Å².